The van der Waals surface area contributed by atoms with Crippen LogP contribution in [0.15, 0.2) is 30.3 Å². The number of fused-ring (bicyclic) bond motifs is 1. The topological polar surface area (TPSA) is 15.3 Å². The van der Waals surface area contributed by atoms with E-state index in [0.29, 0.717) is 6.04 Å². The van der Waals surface area contributed by atoms with Crippen LogP contribution in [0.3, 0.4) is 0 Å². The number of nitrogens with zero attached hydrogens (tertiary/aromatic N) is 1. The Morgan fingerprint density at radius 1 is 1.18 bits per heavy atom. The molecule has 1 aromatic carbocycles. The van der Waals surface area contributed by atoms with Crippen molar-refractivity contribution in [1.29, 1.82) is 0 Å². The van der Waals surface area contributed by atoms with Crippen molar-refractivity contribution in [3.8, 4) is 0 Å². The molecule has 3 atom stereocenters. The zero-order valence-electron chi connectivity index (χ0n) is 10.6. The normalized spacial score (nSPS) is 33.6. The monoisotopic (exact) mass is 230 g/mol. The van der Waals surface area contributed by atoms with E-state index in [2.05, 4.69) is 47.5 Å². The molecule has 0 radical (unpaired) electrons. The van der Waals surface area contributed by atoms with Crippen molar-refractivity contribution in [3.63, 3.8) is 0 Å². The number of hydrogen-bond donors (Lipinski definition) is 1. The number of nitrogens with one attached hydrogen (secondary N) is 1. The van der Waals surface area contributed by atoms with Gasteiger partial charge in [-0.25, -0.2) is 0 Å². The lowest BCUT2D eigenvalue weighted by Crippen LogP contribution is -2.45. The fourth-order valence-electron chi connectivity index (χ4n) is 3.33. The van der Waals surface area contributed by atoms with E-state index in [-0.39, 0.29) is 0 Å². The van der Waals surface area contributed by atoms with Crippen LogP contribution in [-0.2, 0) is 6.54 Å². The molecule has 0 bridgehead atoms. The van der Waals surface area contributed by atoms with Crippen molar-refractivity contribution >= 4 is 0 Å². The highest BCUT2D eigenvalue weighted by atomic mass is 15.2. The Bertz CT molecular complexity index is 362. The first-order valence-corrected chi connectivity index (χ1v) is 6.83. The van der Waals surface area contributed by atoms with E-state index in [9.17, 15) is 0 Å². The zero-order chi connectivity index (χ0) is 11.7. The third-order valence-electron chi connectivity index (χ3n) is 4.23. The van der Waals surface area contributed by atoms with Crippen molar-refractivity contribution in [2.75, 3.05) is 13.1 Å². The summed E-state index contributed by atoms with van der Waals surface area (Å²) in [6.45, 7) is 5.93. The minimum atomic E-state index is 0.716. The Kier molecular flexibility index (Phi) is 3.17. The molecule has 2 aliphatic rings. The molecule has 2 heterocycles. The molecular formula is C15H22N2. The van der Waals surface area contributed by atoms with Gasteiger partial charge in [-0.2, -0.15) is 0 Å². The molecule has 3 rings (SSSR count). The Morgan fingerprint density at radius 2 is 2.00 bits per heavy atom. The largest absolute Gasteiger partial charge is 0.310 e. The molecule has 2 nitrogen and oxygen atoms in total. The van der Waals surface area contributed by atoms with E-state index in [1.54, 1.807) is 0 Å². The lowest BCUT2D eigenvalue weighted by Gasteiger charge is -2.30. The maximum absolute atomic E-state index is 3.75. The van der Waals surface area contributed by atoms with E-state index >= 15 is 0 Å². The summed E-state index contributed by atoms with van der Waals surface area (Å²) in [6, 6.07) is 12.3. The smallest absolute Gasteiger partial charge is 0.0238 e. The van der Waals surface area contributed by atoms with Crippen molar-refractivity contribution in [1.82, 2.24) is 10.2 Å². The van der Waals surface area contributed by atoms with Gasteiger partial charge in [0.2, 0.25) is 0 Å². The van der Waals surface area contributed by atoms with Gasteiger partial charge >= 0.3 is 0 Å². The minimum absolute atomic E-state index is 0.716. The first-order chi connectivity index (χ1) is 8.31. The number of likely N-dealkylation sites (tertiary alicyclic amines) is 1. The van der Waals surface area contributed by atoms with E-state index in [1.807, 2.05) is 0 Å². The van der Waals surface area contributed by atoms with Crippen LogP contribution in [-0.4, -0.2) is 30.1 Å². The standard InChI is InChI=1S/C15H22N2/c1-12-7-8-14-10-17(11-15(14)16-12)9-13-5-3-2-4-6-13/h2-6,12,14-16H,7-11H2,1H3. The van der Waals surface area contributed by atoms with E-state index in [1.165, 1.54) is 31.5 Å². The van der Waals surface area contributed by atoms with E-state index in [0.717, 1.165) is 18.5 Å². The summed E-state index contributed by atoms with van der Waals surface area (Å²) in [5.41, 5.74) is 1.44. The van der Waals surface area contributed by atoms with Crippen LogP contribution in [0.2, 0.25) is 0 Å². The van der Waals surface area contributed by atoms with Crippen LogP contribution < -0.4 is 5.32 Å². The molecule has 2 heteroatoms. The molecular weight excluding hydrogens is 208 g/mol. The lowest BCUT2D eigenvalue weighted by molar-refractivity contribution is 0.286. The maximum atomic E-state index is 3.75. The second-order valence-corrected chi connectivity index (χ2v) is 5.69. The highest BCUT2D eigenvalue weighted by molar-refractivity contribution is 5.15. The summed E-state index contributed by atoms with van der Waals surface area (Å²) >= 11 is 0. The molecule has 2 saturated heterocycles. The van der Waals surface area contributed by atoms with Crippen LogP contribution in [0, 0.1) is 5.92 Å². The fraction of sp³-hybridized carbons (Fsp3) is 0.600. The van der Waals surface area contributed by atoms with E-state index < -0.39 is 0 Å². The Hall–Kier alpha value is -0.860. The minimum Gasteiger partial charge on any atom is -0.310 e. The fourth-order valence-corrected chi connectivity index (χ4v) is 3.33. The van der Waals surface area contributed by atoms with Gasteiger partial charge in [0.1, 0.15) is 0 Å². The molecule has 2 aliphatic heterocycles. The Balaban J connectivity index is 1.60. The molecule has 0 spiro atoms. The van der Waals surface area contributed by atoms with Gasteiger partial charge in [-0.15, -0.1) is 0 Å². The van der Waals surface area contributed by atoms with Crippen molar-refractivity contribution in [3.05, 3.63) is 35.9 Å². The second kappa shape index (κ2) is 4.79. The van der Waals surface area contributed by atoms with Gasteiger partial charge in [-0.1, -0.05) is 30.3 Å². The average molecular weight is 230 g/mol. The summed E-state index contributed by atoms with van der Waals surface area (Å²) in [6.07, 6.45) is 2.75. The molecule has 2 fully saturated rings. The van der Waals surface area contributed by atoms with Crippen molar-refractivity contribution in [2.45, 2.75) is 38.4 Å². The lowest BCUT2D eigenvalue weighted by atomic mass is 9.91. The van der Waals surface area contributed by atoms with Gasteiger partial charge in [0.05, 0.1) is 0 Å². The van der Waals surface area contributed by atoms with Crippen LogP contribution >= 0.6 is 0 Å². The van der Waals surface area contributed by atoms with Gasteiger partial charge in [-0.3, -0.25) is 4.90 Å². The molecule has 3 unspecified atom stereocenters. The molecule has 0 aromatic heterocycles. The SMILES string of the molecule is CC1CCC2CN(Cc3ccccc3)CC2N1. The number of piperidine rings is 1. The number of hydrogen-bond acceptors (Lipinski definition) is 2. The van der Waals surface area contributed by atoms with Gasteiger partial charge < -0.3 is 5.32 Å². The second-order valence-electron chi connectivity index (χ2n) is 5.69. The summed E-state index contributed by atoms with van der Waals surface area (Å²) in [4.78, 5) is 2.61. The van der Waals surface area contributed by atoms with E-state index in [4.69, 9.17) is 0 Å². The first-order valence-electron chi connectivity index (χ1n) is 6.83. The predicted molar refractivity (Wildman–Crippen MR) is 70.8 cm³/mol. The van der Waals surface area contributed by atoms with Crippen molar-refractivity contribution < 1.29 is 0 Å². The van der Waals surface area contributed by atoms with Gasteiger partial charge in [-0.05, 0) is 31.2 Å². The van der Waals surface area contributed by atoms with Crippen molar-refractivity contribution in [2.24, 2.45) is 5.92 Å². The summed E-state index contributed by atoms with van der Waals surface area (Å²) in [7, 11) is 0. The van der Waals surface area contributed by atoms with Gasteiger partial charge in [0.15, 0.2) is 0 Å². The highest BCUT2D eigenvalue weighted by Crippen LogP contribution is 2.27. The van der Waals surface area contributed by atoms with Crippen LogP contribution in [0.25, 0.3) is 0 Å². The quantitative estimate of drug-likeness (QED) is 0.838. The van der Waals surface area contributed by atoms with Crippen LogP contribution in [0.4, 0.5) is 0 Å². The number of rotatable bonds is 2. The molecule has 1 N–H and O–H groups in total. The summed E-state index contributed by atoms with van der Waals surface area (Å²) in [5, 5.41) is 3.75. The average Bonchev–Trinajstić information content (AvgIpc) is 2.71. The summed E-state index contributed by atoms with van der Waals surface area (Å²) in [5.74, 6) is 0.884. The number of benzene rings is 1. The zero-order valence-corrected chi connectivity index (χ0v) is 10.6. The van der Waals surface area contributed by atoms with Crippen LogP contribution in [0.1, 0.15) is 25.3 Å². The molecule has 17 heavy (non-hydrogen) atoms. The molecule has 0 aliphatic carbocycles. The predicted octanol–water partition coefficient (Wildman–Crippen LogP) is 2.26. The maximum Gasteiger partial charge on any atom is 0.0238 e. The van der Waals surface area contributed by atoms with Gasteiger partial charge in [0, 0.05) is 31.7 Å². The molecule has 0 amide bonds. The molecule has 1 aromatic rings. The van der Waals surface area contributed by atoms with Crippen LogP contribution in [0.5, 0.6) is 0 Å². The Labute approximate surface area is 104 Å². The first kappa shape index (κ1) is 11.2. The molecule has 0 saturated carbocycles. The third kappa shape index (κ3) is 2.53. The van der Waals surface area contributed by atoms with Gasteiger partial charge in [0.25, 0.3) is 0 Å². The highest BCUT2D eigenvalue weighted by Gasteiger charge is 2.35. The molecule has 92 valence electrons. The Morgan fingerprint density at radius 3 is 2.82 bits per heavy atom. The summed E-state index contributed by atoms with van der Waals surface area (Å²) < 4.78 is 0. The third-order valence-corrected chi connectivity index (χ3v) is 4.23.